The SMILES string of the molecule is C(=C\c1cc2cc(C3=NCCN3)ccc2o1)/c1cc2cc(C3=NCCN3)ccc2o1.Cl. The van der Waals surface area contributed by atoms with Crippen LogP contribution in [-0.4, -0.2) is 37.9 Å². The monoisotopic (exact) mass is 432 g/mol. The Hall–Kier alpha value is -3.51. The Kier molecular flexibility index (Phi) is 5.00. The van der Waals surface area contributed by atoms with Gasteiger partial charge in [-0.2, -0.15) is 0 Å². The van der Waals surface area contributed by atoms with Gasteiger partial charge in [0.25, 0.3) is 0 Å². The van der Waals surface area contributed by atoms with Crippen LogP contribution in [0.25, 0.3) is 34.1 Å². The number of furan rings is 2. The van der Waals surface area contributed by atoms with Crippen LogP contribution in [0.15, 0.2) is 67.4 Å². The first kappa shape index (κ1) is 19.5. The number of rotatable bonds is 4. The number of benzene rings is 2. The molecule has 2 aromatic carbocycles. The average molecular weight is 433 g/mol. The smallest absolute Gasteiger partial charge is 0.134 e. The number of hydrogen-bond acceptors (Lipinski definition) is 6. The normalized spacial score (nSPS) is 15.7. The van der Waals surface area contributed by atoms with Gasteiger partial charge < -0.3 is 19.5 Å². The first-order valence-electron chi connectivity index (χ1n) is 10.1. The molecule has 0 saturated heterocycles. The third-order valence-electron chi connectivity index (χ3n) is 5.38. The van der Waals surface area contributed by atoms with Crippen LogP contribution >= 0.6 is 12.4 Å². The average Bonchev–Trinajstić information content (AvgIpc) is 3.56. The van der Waals surface area contributed by atoms with E-state index in [4.69, 9.17) is 8.83 Å². The lowest BCUT2D eigenvalue weighted by molar-refractivity contribution is 0.599. The van der Waals surface area contributed by atoms with Crippen molar-refractivity contribution >= 4 is 58.2 Å². The van der Waals surface area contributed by atoms with Crippen LogP contribution in [0.5, 0.6) is 0 Å². The van der Waals surface area contributed by atoms with Gasteiger partial charge in [-0.05, 0) is 60.7 Å². The number of nitrogens with one attached hydrogen (secondary N) is 2. The molecule has 2 N–H and O–H groups in total. The standard InChI is InChI=1S/C24H20N4O2.ClH/c1-5-21-17(11-15(1)23-25-7-8-26-23)13-19(29-21)3-4-20-14-18-12-16(2-6-22(18)30-20)24-27-9-10-28-24;/h1-6,11-14H,7-10H2,(H,25,26)(H,27,28);1H/b4-3+;. The summed E-state index contributed by atoms with van der Waals surface area (Å²) in [7, 11) is 0. The number of hydrogen-bond donors (Lipinski definition) is 2. The van der Waals surface area contributed by atoms with E-state index in [-0.39, 0.29) is 12.4 Å². The zero-order chi connectivity index (χ0) is 19.9. The number of aliphatic imine (C=N–C) groups is 2. The molecule has 0 unspecified atom stereocenters. The Morgan fingerprint density at radius 1 is 0.677 bits per heavy atom. The van der Waals surface area contributed by atoms with E-state index in [0.717, 1.165) is 82.4 Å². The third-order valence-corrected chi connectivity index (χ3v) is 5.38. The van der Waals surface area contributed by atoms with Gasteiger partial charge in [0.2, 0.25) is 0 Å². The highest BCUT2D eigenvalue weighted by Gasteiger charge is 2.11. The Labute approximate surface area is 185 Å². The summed E-state index contributed by atoms with van der Waals surface area (Å²) in [5.74, 6) is 3.48. The molecule has 2 aliphatic heterocycles. The van der Waals surface area contributed by atoms with E-state index >= 15 is 0 Å². The van der Waals surface area contributed by atoms with Crippen LogP contribution in [0.4, 0.5) is 0 Å². The van der Waals surface area contributed by atoms with Gasteiger partial charge in [0.1, 0.15) is 34.4 Å². The molecule has 4 heterocycles. The molecule has 2 aliphatic rings. The van der Waals surface area contributed by atoms with Crippen molar-refractivity contribution in [3.05, 3.63) is 71.2 Å². The van der Waals surface area contributed by atoms with Crippen molar-refractivity contribution in [2.45, 2.75) is 0 Å². The van der Waals surface area contributed by atoms with Gasteiger partial charge in [0, 0.05) is 35.0 Å². The molecule has 2 aromatic heterocycles. The van der Waals surface area contributed by atoms with Crippen LogP contribution in [-0.2, 0) is 0 Å². The van der Waals surface area contributed by atoms with Gasteiger partial charge >= 0.3 is 0 Å². The quantitative estimate of drug-likeness (QED) is 0.499. The van der Waals surface area contributed by atoms with E-state index < -0.39 is 0 Å². The van der Waals surface area contributed by atoms with Crippen LogP contribution in [0.2, 0.25) is 0 Å². The summed E-state index contributed by atoms with van der Waals surface area (Å²) in [5.41, 5.74) is 3.89. The van der Waals surface area contributed by atoms with Gasteiger partial charge in [0.15, 0.2) is 0 Å². The molecule has 6 rings (SSSR count). The molecule has 156 valence electrons. The van der Waals surface area contributed by atoms with E-state index in [1.54, 1.807) is 0 Å². The second-order valence-electron chi connectivity index (χ2n) is 7.45. The van der Waals surface area contributed by atoms with E-state index in [9.17, 15) is 0 Å². The summed E-state index contributed by atoms with van der Waals surface area (Å²) in [6.07, 6.45) is 3.87. The largest absolute Gasteiger partial charge is 0.457 e. The number of nitrogens with zero attached hydrogens (tertiary/aromatic N) is 2. The summed E-state index contributed by atoms with van der Waals surface area (Å²) in [5, 5.41) is 8.73. The lowest BCUT2D eigenvalue weighted by Gasteiger charge is -2.01. The molecule has 0 atom stereocenters. The maximum Gasteiger partial charge on any atom is 0.134 e. The fraction of sp³-hybridized carbons (Fsp3) is 0.167. The molecular weight excluding hydrogens is 412 g/mol. The third kappa shape index (κ3) is 3.70. The highest BCUT2D eigenvalue weighted by atomic mass is 35.5. The lowest BCUT2D eigenvalue weighted by Crippen LogP contribution is -2.19. The number of halogens is 1. The Bertz CT molecular complexity index is 1260. The van der Waals surface area contributed by atoms with Crippen molar-refractivity contribution in [2.24, 2.45) is 9.98 Å². The van der Waals surface area contributed by atoms with E-state index in [1.165, 1.54) is 0 Å². The van der Waals surface area contributed by atoms with Gasteiger partial charge in [-0.3, -0.25) is 9.98 Å². The van der Waals surface area contributed by atoms with Crippen LogP contribution in [0.3, 0.4) is 0 Å². The Morgan fingerprint density at radius 3 is 1.58 bits per heavy atom. The molecule has 0 saturated carbocycles. The van der Waals surface area contributed by atoms with Crippen molar-refractivity contribution in [3.8, 4) is 0 Å². The number of fused-ring (bicyclic) bond motifs is 2. The molecule has 4 aromatic rings. The molecule has 0 spiro atoms. The van der Waals surface area contributed by atoms with Gasteiger partial charge in [-0.1, -0.05) is 0 Å². The molecule has 7 heteroatoms. The molecule has 0 radical (unpaired) electrons. The highest BCUT2D eigenvalue weighted by molar-refractivity contribution is 6.03. The lowest BCUT2D eigenvalue weighted by atomic mass is 10.1. The van der Waals surface area contributed by atoms with Gasteiger partial charge in [-0.25, -0.2) is 0 Å². The predicted molar refractivity (Wildman–Crippen MR) is 127 cm³/mol. The first-order valence-corrected chi connectivity index (χ1v) is 10.1. The van der Waals surface area contributed by atoms with Crippen LogP contribution < -0.4 is 10.6 Å². The summed E-state index contributed by atoms with van der Waals surface area (Å²) < 4.78 is 11.9. The maximum absolute atomic E-state index is 5.96. The van der Waals surface area contributed by atoms with Crippen molar-refractivity contribution in [2.75, 3.05) is 26.2 Å². The summed E-state index contributed by atoms with van der Waals surface area (Å²) in [6.45, 7) is 3.46. The summed E-state index contributed by atoms with van der Waals surface area (Å²) in [6, 6.07) is 16.4. The van der Waals surface area contributed by atoms with Crippen LogP contribution in [0, 0.1) is 0 Å². The minimum atomic E-state index is 0. The first-order chi connectivity index (χ1) is 14.8. The van der Waals surface area contributed by atoms with E-state index in [1.807, 2.05) is 48.6 Å². The highest BCUT2D eigenvalue weighted by Crippen LogP contribution is 2.25. The molecule has 0 bridgehead atoms. The summed E-state index contributed by atoms with van der Waals surface area (Å²) in [4.78, 5) is 8.97. The topological polar surface area (TPSA) is 75.1 Å². The zero-order valence-corrected chi connectivity index (χ0v) is 17.5. The van der Waals surface area contributed by atoms with Crippen molar-refractivity contribution in [3.63, 3.8) is 0 Å². The minimum absolute atomic E-state index is 0. The van der Waals surface area contributed by atoms with Crippen LogP contribution in [0.1, 0.15) is 22.6 Å². The van der Waals surface area contributed by atoms with Crippen molar-refractivity contribution < 1.29 is 8.83 Å². The van der Waals surface area contributed by atoms with E-state index in [2.05, 4.69) is 32.8 Å². The molecule has 6 nitrogen and oxygen atoms in total. The van der Waals surface area contributed by atoms with Crippen molar-refractivity contribution in [1.82, 2.24) is 10.6 Å². The Morgan fingerprint density at radius 2 is 1.16 bits per heavy atom. The molecule has 0 aliphatic carbocycles. The fourth-order valence-corrected chi connectivity index (χ4v) is 3.93. The molecule has 0 fully saturated rings. The van der Waals surface area contributed by atoms with E-state index in [0.29, 0.717) is 0 Å². The van der Waals surface area contributed by atoms with Gasteiger partial charge in [0.05, 0.1) is 13.1 Å². The molecule has 31 heavy (non-hydrogen) atoms. The minimum Gasteiger partial charge on any atom is -0.457 e. The predicted octanol–water partition coefficient (Wildman–Crippen LogP) is 4.47. The number of amidine groups is 2. The zero-order valence-electron chi connectivity index (χ0n) is 16.7. The van der Waals surface area contributed by atoms with Crippen molar-refractivity contribution in [1.29, 1.82) is 0 Å². The summed E-state index contributed by atoms with van der Waals surface area (Å²) >= 11 is 0. The fourth-order valence-electron chi connectivity index (χ4n) is 3.93. The second kappa shape index (κ2) is 7.96. The molecule has 0 amide bonds. The molecular formula is C24H21ClN4O2. The Balaban J connectivity index is 0.00000204. The van der Waals surface area contributed by atoms with Gasteiger partial charge in [-0.15, -0.1) is 12.4 Å². The second-order valence-corrected chi connectivity index (χ2v) is 7.45. The maximum atomic E-state index is 5.96.